The van der Waals surface area contributed by atoms with Gasteiger partial charge in [0.05, 0.1) is 0 Å². The summed E-state index contributed by atoms with van der Waals surface area (Å²) in [6.45, 7) is 4.46. The molecule has 0 atom stereocenters. The molecular formula is C7H11F2N3S. The van der Waals surface area contributed by atoms with E-state index in [-0.39, 0.29) is 5.01 Å². The van der Waals surface area contributed by atoms with Gasteiger partial charge >= 0.3 is 0 Å². The van der Waals surface area contributed by atoms with Crippen LogP contribution >= 0.6 is 11.3 Å². The van der Waals surface area contributed by atoms with Crippen molar-refractivity contribution in [2.45, 2.75) is 32.9 Å². The van der Waals surface area contributed by atoms with Crippen LogP contribution in [-0.2, 0) is 6.54 Å². The monoisotopic (exact) mass is 207 g/mol. The highest BCUT2D eigenvalue weighted by Crippen LogP contribution is 2.21. The van der Waals surface area contributed by atoms with Crippen molar-refractivity contribution < 1.29 is 8.78 Å². The van der Waals surface area contributed by atoms with Gasteiger partial charge < -0.3 is 5.32 Å². The molecule has 0 aliphatic rings. The van der Waals surface area contributed by atoms with Gasteiger partial charge in [-0.3, -0.25) is 0 Å². The molecule has 0 spiro atoms. The van der Waals surface area contributed by atoms with Crippen LogP contribution in [0, 0.1) is 0 Å². The quantitative estimate of drug-likeness (QED) is 0.820. The second-order valence-corrected chi connectivity index (χ2v) is 3.96. The first-order valence-corrected chi connectivity index (χ1v) is 4.75. The van der Waals surface area contributed by atoms with Crippen LogP contribution < -0.4 is 5.32 Å². The standard InChI is InChI=1S/C7H11F2N3S/c1-4(2)10-3-5-11-12-7(13-5)6(8)9/h4,6,10H,3H2,1-2H3. The molecule has 0 bridgehead atoms. The first-order chi connectivity index (χ1) is 6.09. The molecular weight excluding hydrogens is 196 g/mol. The lowest BCUT2D eigenvalue weighted by Gasteiger charge is -2.03. The van der Waals surface area contributed by atoms with Crippen molar-refractivity contribution in [1.29, 1.82) is 0 Å². The summed E-state index contributed by atoms with van der Waals surface area (Å²) >= 11 is 0.948. The molecule has 1 aromatic rings. The third-order valence-corrected chi connectivity index (χ3v) is 2.26. The number of aromatic nitrogens is 2. The highest BCUT2D eigenvalue weighted by atomic mass is 32.1. The Morgan fingerprint density at radius 3 is 2.54 bits per heavy atom. The van der Waals surface area contributed by atoms with Crippen molar-refractivity contribution in [2.24, 2.45) is 0 Å². The van der Waals surface area contributed by atoms with Crippen molar-refractivity contribution >= 4 is 11.3 Å². The second kappa shape index (κ2) is 4.57. The zero-order chi connectivity index (χ0) is 9.84. The Balaban J connectivity index is 2.49. The smallest absolute Gasteiger partial charge is 0.291 e. The Bertz CT molecular complexity index is 262. The Morgan fingerprint density at radius 1 is 1.38 bits per heavy atom. The number of rotatable bonds is 4. The Morgan fingerprint density at radius 2 is 2.08 bits per heavy atom. The normalized spacial score (nSPS) is 11.5. The van der Waals surface area contributed by atoms with E-state index in [0.717, 1.165) is 11.3 Å². The molecule has 1 heterocycles. The fourth-order valence-electron chi connectivity index (χ4n) is 0.718. The summed E-state index contributed by atoms with van der Waals surface area (Å²) in [6.07, 6.45) is -2.51. The van der Waals surface area contributed by atoms with Crippen molar-refractivity contribution in [3.63, 3.8) is 0 Å². The number of nitrogens with zero attached hydrogens (tertiary/aromatic N) is 2. The Labute approximate surface area is 79.2 Å². The molecule has 6 heteroatoms. The van der Waals surface area contributed by atoms with Crippen LogP contribution in [0.25, 0.3) is 0 Å². The Kier molecular flexibility index (Phi) is 3.68. The van der Waals surface area contributed by atoms with Crippen molar-refractivity contribution in [2.75, 3.05) is 0 Å². The number of nitrogens with one attached hydrogen (secondary N) is 1. The summed E-state index contributed by atoms with van der Waals surface area (Å²) in [5, 5.41) is 10.5. The van der Waals surface area contributed by atoms with Gasteiger partial charge in [-0.2, -0.15) is 0 Å². The van der Waals surface area contributed by atoms with Gasteiger partial charge in [0.2, 0.25) is 0 Å². The maximum Gasteiger partial charge on any atom is 0.291 e. The number of hydrogen-bond acceptors (Lipinski definition) is 4. The molecule has 0 saturated carbocycles. The van der Waals surface area contributed by atoms with E-state index in [1.807, 2.05) is 13.8 Å². The first kappa shape index (κ1) is 10.5. The fourth-order valence-corrected chi connectivity index (χ4v) is 1.37. The van der Waals surface area contributed by atoms with Crippen LogP contribution in [0.15, 0.2) is 0 Å². The van der Waals surface area contributed by atoms with E-state index in [1.54, 1.807) is 0 Å². The lowest BCUT2D eigenvalue weighted by Crippen LogP contribution is -2.21. The lowest BCUT2D eigenvalue weighted by atomic mass is 10.4. The number of hydrogen-bond donors (Lipinski definition) is 1. The van der Waals surface area contributed by atoms with E-state index in [1.165, 1.54) is 0 Å². The van der Waals surface area contributed by atoms with Gasteiger partial charge in [-0.15, -0.1) is 10.2 Å². The average Bonchev–Trinajstić information content (AvgIpc) is 2.48. The van der Waals surface area contributed by atoms with E-state index in [0.29, 0.717) is 17.6 Å². The highest BCUT2D eigenvalue weighted by molar-refractivity contribution is 7.11. The predicted octanol–water partition coefficient (Wildman–Crippen LogP) is 1.97. The maximum atomic E-state index is 12.1. The van der Waals surface area contributed by atoms with Crippen LogP contribution in [0.5, 0.6) is 0 Å². The molecule has 0 amide bonds. The van der Waals surface area contributed by atoms with Crippen molar-refractivity contribution in [3.8, 4) is 0 Å². The molecule has 0 aromatic carbocycles. The molecule has 0 aliphatic carbocycles. The van der Waals surface area contributed by atoms with E-state index in [9.17, 15) is 8.78 Å². The van der Waals surface area contributed by atoms with Crippen LogP contribution in [0.2, 0.25) is 0 Å². The summed E-state index contributed by atoms with van der Waals surface area (Å²) in [4.78, 5) is 0. The van der Waals surface area contributed by atoms with Crippen LogP contribution in [0.3, 0.4) is 0 Å². The topological polar surface area (TPSA) is 37.8 Å². The zero-order valence-corrected chi connectivity index (χ0v) is 8.24. The Hall–Kier alpha value is -0.620. The molecule has 0 aliphatic heterocycles. The van der Waals surface area contributed by atoms with Crippen LogP contribution in [-0.4, -0.2) is 16.2 Å². The number of alkyl halides is 2. The van der Waals surface area contributed by atoms with Gasteiger partial charge in [0, 0.05) is 12.6 Å². The van der Waals surface area contributed by atoms with Crippen LogP contribution in [0.4, 0.5) is 8.78 Å². The minimum atomic E-state index is -2.51. The molecule has 0 unspecified atom stereocenters. The van der Waals surface area contributed by atoms with Gasteiger partial charge in [-0.05, 0) is 0 Å². The maximum absolute atomic E-state index is 12.1. The lowest BCUT2D eigenvalue weighted by molar-refractivity contribution is 0.150. The van der Waals surface area contributed by atoms with E-state index in [2.05, 4.69) is 15.5 Å². The third-order valence-electron chi connectivity index (χ3n) is 1.33. The largest absolute Gasteiger partial charge is 0.308 e. The predicted molar refractivity (Wildman–Crippen MR) is 46.8 cm³/mol. The summed E-state index contributed by atoms with van der Waals surface area (Å²) in [7, 11) is 0. The van der Waals surface area contributed by atoms with Crippen molar-refractivity contribution in [1.82, 2.24) is 15.5 Å². The van der Waals surface area contributed by atoms with E-state index < -0.39 is 6.43 Å². The van der Waals surface area contributed by atoms with Gasteiger partial charge in [0.25, 0.3) is 6.43 Å². The third kappa shape index (κ3) is 3.31. The molecule has 1 rings (SSSR count). The van der Waals surface area contributed by atoms with Crippen molar-refractivity contribution in [3.05, 3.63) is 10.0 Å². The minimum absolute atomic E-state index is 0.208. The number of halogens is 2. The van der Waals surface area contributed by atoms with Gasteiger partial charge in [0.15, 0.2) is 5.01 Å². The van der Waals surface area contributed by atoms with E-state index >= 15 is 0 Å². The van der Waals surface area contributed by atoms with E-state index in [4.69, 9.17) is 0 Å². The zero-order valence-electron chi connectivity index (χ0n) is 7.42. The summed E-state index contributed by atoms with van der Waals surface area (Å²) in [5.74, 6) is 0. The molecule has 0 radical (unpaired) electrons. The molecule has 1 N–H and O–H groups in total. The second-order valence-electron chi connectivity index (χ2n) is 2.87. The summed E-state index contributed by atoms with van der Waals surface area (Å²) < 4.78 is 24.1. The first-order valence-electron chi connectivity index (χ1n) is 3.93. The molecule has 74 valence electrons. The molecule has 3 nitrogen and oxygen atoms in total. The fraction of sp³-hybridized carbons (Fsp3) is 0.714. The van der Waals surface area contributed by atoms with Crippen LogP contribution in [0.1, 0.15) is 30.3 Å². The summed E-state index contributed by atoms with van der Waals surface area (Å²) in [5.41, 5.74) is 0. The van der Waals surface area contributed by atoms with Gasteiger partial charge in [0.1, 0.15) is 5.01 Å². The van der Waals surface area contributed by atoms with Gasteiger partial charge in [-0.25, -0.2) is 8.78 Å². The minimum Gasteiger partial charge on any atom is -0.308 e. The molecule has 13 heavy (non-hydrogen) atoms. The molecule has 1 aromatic heterocycles. The average molecular weight is 207 g/mol. The molecule has 0 fully saturated rings. The molecule has 0 saturated heterocycles. The SMILES string of the molecule is CC(C)NCc1nnc(C(F)F)s1. The highest BCUT2D eigenvalue weighted by Gasteiger charge is 2.13. The summed E-state index contributed by atoms with van der Waals surface area (Å²) in [6, 6.07) is 0.318. The van der Waals surface area contributed by atoms with Gasteiger partial charge in [-0.1, -0.05) is 25.2 Å².